The largest absolute Gasteiger partial charge is 0.508 e. The average molecular weight is 405 g/mol. The molecule has 2 unspecified atom stereocenters. The molecule has 9 heteroatoms. The number of ether oxygens (including phenoxy) is 6. The molecule has 0 N–H and O–H groups in total. The lowest BCUT2D eigenvalue weighted by atomic mass is 10.3. The van der Waals surface area contributed by atoms with Crippen LogP contribution in [0.25, 0.3) is 0 Å². The summed E-state index contributed by atoms with van der Waals surface area (Å²) in [5.41, 5.74) is 0. The molecule has 156 valence electrons. The van der Waals surface area contributed by atoms with Crippen molar-refractivity contribution >= 4 is 14.5 Å². The Morgan fingerprint density at radius 3 is 2.22 bits per heavy atom. The Morgan fingerprint density at radius 1 is 0.963 bits per heavy atom. The molecule has 0 aliphatic carbocycles. The zero-order valence-corrected chi connectivity index (χ0v) is 17.4. The van der Waals surface area contributed by atoms with Crippen molar-refractivity contribution in [1.82, 2.24) is 0 Å². The number of unbranched alkanes of at least 4 members (excludes halogenated alkanes) is 1. The lowest BCUT2D eigenvalue weighted by Gasteiger charge is -2.23. The molecule has 0 aromatic carbocycles. The monoisotopic (exact) mass is 404 g/mol. The van der Waals surface area contributed by atoms with Gasteiger partial charge >= 0.3 is 6.16 Å². The topological polar surface area (TPSA) is 81.7 Å². The molecule has 2 rings (SSSR count). The van der Waals surface area contributed by atoms with Gasteiger partial charge in [0.25, 0.3) is 5.95 Å². The summed E-state index contributed by atoms with van der Waals surface area (Å²) in [6, 6.07) is 1.06. The van der Waals surface area contributed by atoms with Gasteiger partial charge in [0, 0.05) is 19.8 Å². The van der Waals surface area contributed by atoms with Gasteiger partial charge in [-0.2, -0.15) is 0 Å². The van der Waals surface area contributed by atoms with Crippen molar-refractivity contribution < 1.29 is 37.6 Å². The van der Waals surface area contributed by atoms with Crippen LogP contribution in [0.1, 0.15) is 19.3 Å². The van der Waals surface area contributed by atoms with Gasteiger partial charge in [-0.3, -0.25) is 0 Å². The normalized spacial score (nSPS) is 22.3. The Bertz CT molecular complexity index is 470. The maximum Gasteiger partial charge on any atom is 0.508 e. The van der Waals surface area contributed by atoms with Crippen molar-refractivity contribution in [1.29, 1.82) is 0 Å². The molecular weight excluding hydrogens is 372 g/mol. The van der Waals surface area contributed by atoms with Crippen LogP contribution in [-0.4, -0.2) is 72.9 Å². The van der Waals surface area contributed by atoms with E-state index in [0.29, 0.717) is 39.0 Å². The highest BCUT2D eigenvalue weighted by molar-refractivity contribution is 6.71. The summed E-state index contributed by atoms with van der Waals surface area (Å²) in [5, 5.41) is 0. The third kappa shape index (κ3) is 9.45. The van der Waals surface area contributed by atoms with E-state index in [9.17, 15) is 4.79 Å². The van der Waals surface area contributed by atoms with Gasteiger partial charge in [-0.15, -0.1) is 0 Å². The number of hydrogen-bond acceptors (Lipinski definition) is 8. The molecule has 2 heterocycles. The van der Waals surface area contributed by atoms with Crippen LogP contribution in [0.4, 0.5) is 4.79 Å². The highest BCUT2D eigenvalue weighted by atomic mass is 28.4. The van der Waals surface area contributed by atoms with Crippen LogP contribution in [0, 0.1) is 0 Å². The van der Waals surface area contributed by atoms with E-state index in [1.165, 1.54) is 0 Å². The van der Waals surface area contributed by atoms with Crippen molar-refractivity contribution in [3.8, 4) is 0 Å². The van der Waals surface area contributed by atoms with Crippen LogP contribution in [0.2, 0.25) is 19.1 Å². The van der Waals surface area contributed by atoms with Crippen molar-refractivity contribution in [2.45, 2.75) is 50.6 Å². The Labute approximate surface area is 162 Å². The zero-order chi connectivity index (χ0) is 19.5. The van der Waals surface area contributed by atoms with Gasteiger partial charge in [-0.25, -0.2) is 4.79 Å². The maximum atomic E-state index is 10.8. The van der Waals surface area contributed by atoms with Crippen molar-refractivity contribution in [2.75, 3.05) is 46.2 Å². The summed E-state index contributed by atoms with van der Waals surface area (Å²) in [7, 11) is -1.66. The summed E-state index contributed by atoms with van der Waals surface area (Å²) in [6.45, 7) is 11.9. The molecule has 0 saturated carbocycles. The molecule has 27 heavy (non-hydrogen) atoms. The third-order valence-electron chi connectivity index (χ3n) is 4.23. The highest BCUT2D eigenvalue weighted by Gasteiger charge is 2.25. The third-order valence-corrected chi connectivity index (χ3v) is 6.77. The standard InChI is InChI=1S/C18H32O8Si/c1-15-22-13-16(25-15)11-21-8-6-10-27(2,3)24-9-5-4-7-20-12-17-14-23-18(19)26-17/h16-17H,1,4-14H2,2-3H3. The minimum atomic E-state index is -1.66. The minimum absolute atomic E-state index is 0.0329. The van der Waals surface area contributed by atoms with Crippen molar-refractivity contribution in [2.24, 2.45) is 0 Å². The average Bonchev–Trinajstić information content (AvgIpc) is 3.21. The molecule has 0 spiro atoms. The molecule has 2 saturated heterocycles. The fourth-order valence-electron chi connectivity index (χ4n) is 2.73. The van der Waals surface area contributed by atoms with E-state index in [4.69, 9.17) is 32.8 Å². The molecule has 0 aromatic heterocycles. The van der Waals surface area contributed by atoms with E-state index in [1.54, 1.807) is 0 Å². The molecule has 0 aromatic rings. The molecule has 2 atom stereocenters. The summed E-state index contributed by atoms with van der Waals surface area (Å²) in [4.78, 5) is 10.8. The van der Waals surface area contributed by atoms with E-state index in [2.05, 4.69) is 19.7 Å². The summed E-state index contributed by atoms with van der Waals surface area (Å²) < 4.78 is 37.3. The predicted molar refractivity (Wildman–Crippen MR) is 99.9 cm³/mol. The van der Waals surface area contributed by atoms with Crippen LogP contribution in [0.15, 0.2) is 12.5 Å². The van der Waals surface area contributed by atoms with E-state index < -0.39 is 14.5 Å². The first-order valence-electron chi connectivity index (χ1n) is 9.56. The Morgan fingerprint density at radius 2 is 1.59 bits per heavy atom. The number of cyclic esters (lactones) is 2. The fraction of sp³-hybridized carbons (Fsp3) is 0.833. The first-order chi connectivity index (χ1) is 12.9. The summed E-state index contributed by atoms with van der Waals surface area (Å²) in [5.74, 6) is 0.381. The zero-order valence-electron chi connectivity index (χ0n) is 16.4. The SMILES string of the molecule is C=C1OCC(COCCC[Si](C)(C)OCCCCOCC2COC(=O)O2)O1. The second kappa shape index (κ2) is 11.5. The van der Waals surface area contributed by atoms with E-state index in [-0.39, 0.29) is 18.8 Å². The van der Waals surface area contributed by atoms with Gasteiger partial charge in [0.15, 0.2) is 20.5 Å². The number of rotatable bonds is 14. The molecular formula is C18H32O8Si. The van der Waals surface area contributed by atoms with Crippen LogP contribution in [0.3, 0.4) is 0 Å². The van der Waals surface area contributed by atoms with Gasteiger partial charge < -0.3 is 32.8 Å². The lowest BCUT2D eigenvalue weighted by Crippen LogP contribution is -2.31. The first kappa shape index (κ1) is 22.0. The van der Waals surface area contributed by atoms with E-state index in [0.717, 1.165) is 31.9 Å². The van der Waals surface area contributed by atoms with Crippen molar-refractivity contribution in [3.63, 3.8) is 0 Å². The van der Waals surface area contributed by atoms with Crippen LogP contribution in [-0.2, 0) is 32.8 Å². The Kier molecular flexibility index (Phi) is 9.39. The lowest BCUT2D eigenvalue weighted by molar-refractivity contribution is 0.0413. The van der Waals surface area contributed by atoms with Crippen molar-refractivity contribution in [3.05, 3.63) is 12.5 Å². The second-order valence-corrected chi connectivity index (χ2v) is 11.6. The number of carbonyl (C=O) groups is 1. The second-order valence-electron chi connectivity index (χ2n) is 7.29. The van der Waals surface area contributed by atoms with E-state index in [1.807, 2.05) is 0 Å². The minimum Gasteiger partial charge on any atom is -0.462 e. The molecule has 0 bridgehead atoms. The summed E-state index contributed by atoms with van der Waals surface area (Å²) in [6.07, 6.45) is 1.95. The molecule has 2 aliphatic heterocycles. The molecule has 2 fully saturated rings. The van der Waals surface area contributed by atoms with Gasteiger partial charge in [-0.1, -0.05) is 0 Å². The fourth-order valence-corrected chi connectivity index (χ4v) is 4.56. The summed E-state index contributed by atoms with van der Waals surface area (Å²) >= 11 is 0. The number of hydrogen-bond donors (Lipinski definition) is 0. The highest BCUT2D eigenvalue weighted by Crippen LogP contribution is 2.16. The Hall–Kier alpha value is -1.29. The van der Waals surface area contributed by atoms with Crippen LogP contribution >= 0.6 is 0 Å². The quantitative estimate of drug-likeness (QED) is 0.248. The van der Waals surface area contributed by atoms with Gasteiger partial charge in [0.05, 0.1) is 13.2 Å². The van der Waals surface area contributed by atoms with Gasteiger partial charge in [0.2, 0.25) is 0 Å². The Balaban J connectivity index is 1.38. The molecule has 2 aliphatic rings. The van der Waals surface area contributed by atoms with Crippen LogP contribution < -0.4 is 0 Å². The maximum absolute atomic E-state index is 10.8. The smallest absolute Gasteiger partial charge is 0.462 e. The van der Waals surface area contributed by atoms with Gasteiger partial charge in [-0.05, 0) is 45.0 Å². The molecule has 0 amide bonds. The number of carbonyl (C=O) groups excluding carboxylic acids is 1. The molecule has 0 radical (unpaired) electrons. The predicted octanol–water partition coefficient (Wildman–Crippen LogP) is 2.83. The molecule has 8 nitrogen and oxygen atoms in total. The van der Waals surface area contributed by atoms with E-state index >= 15 is 0 Å². The first-order valence-corrected chi connectivity index (χ1v) is 12.7. The van der Waals surface area contributed by atoms with Gasteiger partial charge in [0.1, 0.15) is 13.2 Å². The van der Waals surface area contributed by atoms with Crippen LogP contribution in [0.5, 0.6) is 0 Å².